The molecule has 0 aliphatic heterocycles. The topological polar surface area (TPSA) is 125 Å². The van der Waals surface area contributed by atoms with E-state index in [9.17, 15) is 14.7 Å². The normalized spacial score (nSPS) is 21.8. The molecule has 1 fully saturated rings. The van der Waals surface area contributed by atoms with Gasteiger partial charge in [0.2, 0.25) is 0 Å². The van der Waals surface area contributed by atoms with Crippen LogP contribution in [0.25, 0.3) is 28.4 Å². The average Bonchev–Trinajstić information content (AvgIpc) is 3.55. The summed E-state index contributed by atoms with van der Waals surface area (Å²) in [5.74, 6) is -0.0396. The lowest BCUT2D eigenvalue weighted by atomic mass is 9.59. The standard InChI is InChI=1S/C34H42ClN5O4/c1-18-15-22(33(3,4)5)27(23(16-18)34(6,7)8)44-32(43)26-25(20-9-11-21(35)12-10-20)30(39-14-13-37-17-39)40-29(26)38-28(36)24(19(2)41)31(40)42/h9-14,17-18,22-23,27,41H,15-16H2,1-8H3,(H2,36,38)/b24-19+. The third kappa shape index (κ3) is 5.58. The van der Waals surface area contributed by atoms with Gasteiger partial charge in [0.05, 0.1) is 0 Å². The van der Waals surface area contributed by atoms with Gasteiger partial charge in [-0.2, -0.15) is 0 Å². The number of aromatic nitrogens is 4. The number of fused-ring (bicyclic) bond motifs is 1. The van der Waals surface area contributed by atoms with E-state index in [0.29, 0.717) is 27.9 Å². The van der Waals surface area contributed by atoms with Gasteiger partial charge in [0, 0.05) is 34.8 Å². The number of anilines is 1. The maximum atomic E-state index is 14.7. The Bertz CT molecular complexity index is 1790. The van der Waals surface area contributed by atoms with Crippen molar-refractivity contribution in [2.45, 2.75) is 74.3 Å². The third-order valence-electron chi connectivity index (χ3n) is 9.04. The smallest absolute Gasteiger partial charge is 0.343 e. The molecule has 234 valence electrons. The lowest BCUT2D eigenvalue weighted by molar-refractivity contribution is -0.0922. The molecule has 9 nitrogen and oxygen atoms in total. The summed E-state index contributed by atoms with van der Waals surface area (Å²) < 4.78 is 9.59. The molecule has 0 saturated heterocycles. The van der Waals surface area contributed by atoms with Crippen LogP contribution in [0.5, 0.6) is 0 Å². The van der Waals surface area contributed by atoms with Crippen LogP contribution >= 0.6 is 11.6 Å². The SMILES string of the molecule is C/C(O)=c1/c(N)nc2c(C(=O)OC3C(C(C)(C)C)CC(C)CC3C(C)(C)C)c(-c3ccc(Cl)cc3)c(-n3ccnc3)n2c1=O. The van der Waals surface area contributed by atoms with E-state index in [-0.39, 0.29) is 56.8 Å². The molecule has 2 unspecified atom stereocenters. The van der Waals surface area contributed by atoms with Crippen molar-refractivity contribution < 1.29 is 14.6 Å². The number of hydrogen-bond donors (Lipinski definition) is 2. The minimum absolute atomic E-state index is 0.0416. The Labute approximate surface area is 262 Å². The monoisotopic (exact) mass is 619 g/mol. The van der Waals surface area contributed by atoms with Crippen LogP contribution in [-0.2, 0) is 4.74 Å². The van der Waals surface area contributed by atoms with Crippen LogP contribution < -0.4 is 16.5 Å². The number of benzene rings is 1. The van der Waals surface area contributed by atoms with Crippen LogP contribution in [0.4, 0.5) is 5.82 Å². The molecule has 2 atom stereocenters. The number of rotatable bonds is 4. The van der Waals surface area contributed by atoms with Gasteiger partial charge in [0.25, 0.3) is 5.56 Å². The van der Waals surface area contributed by atoms with Crippen molar-refractivity contribution in [2.75, 3.05) is 5.73 Å². The van der Waals surface area contributed by atoms with Crippen LogP contribution in [0.15, 0.2) is 47.8 Å². The van der Waals surface area contributed by atoms with E-state index in [1.807, 2.05) is 0 Å². The van der Waals surface area contributed by atoms with Crippen molar-refractivity contribution in [3.63, 3.8) is 0 Å². The predicted octanol–water partition coefficient (Wildman–Crippen LogP) is 6.47. The van der Waals surface area contributed by atoms with Gasteiger partial charge in [-0.15, -0.1) is 0 Å². The summed E-state index contributed by atoms with van der Waals surface area (Å²) in [6.07, 6.45) is 6.27. The number of ether oxygens (including phenoxy) is 1. The van der Waals surface area contributed by atoms with Crippen LogP contribution in [0, 0.1) is 28.6 Å². The van der Waals surface area contributed by atoms with E-state index < -0.39 is 11.5 Å². The summed E-state index contributed by atoms with van der Waals surface area (Å²) in [6.45, 7) is 16.8. The summed E-state index contributed by atoms with van der Waals surface area (Å²) in [5, 5.41) is 10.8. The van der Waals surface area contributed by atoms with E-state index in [1.54, 1.807) is 41.2 Å². The maximum absolute atomic E-state index is 14.7. The highest BCUT2D eigenvalue weighted by atomic mass is 35.5. The highest BCUT2D eigenvalue weighted by Crippen LogP contribution is 2.50. The molecule has 3 heterocycles. The largest absolute Gasteiger partial charge is 0.512 e. The summed E-state index contributed by atoms with van der Waals surface area (Å²) in [6, 6.07) is 7.00. The lowest BCUT2D eigenvalue weighted by Gasteiger charge is -2.50. The number of imidazole rings is 1. The van der Waals surface area contributed by atoms with Gasteiger partial charge < -0.3 is 15.6 Å². The predicted molar refractivity (Wildman–Crippen MR) is 174 cm³/mol. The quantitative estimate of drug-likeness (QED) is 0.251. The van der Waals surface area contributed by atoms with Crippen LogP contribution in [0.3, 0.4) is 0 Å². The number of aliphatic hydroxyl groups is 1. The summed E-state index contributed by atoms with van der Waals surface area (Å²) in [4.78, 5) is 37.5. The fourth-order valence-corrected chi connectivity index (χ4v) is 6.97. The molecule has 44 heavy (non-hydrogen) atoms. The van der Waals surface area contributed by atoms with Gasteiger partial charge >= 0.3 is 5.97 Å². The van der Waals surface area contributed by atoms with Crippen molar-refractivity contribution in [2.24, 2.45) is 28.6 Å². The van der Waals surface area contributed by atoms with Gasteiger partial charge in [-0.3, -0.25) is 9.36 Å². The Balaban J connectivity index is 1.84. The second kappa shape index (κ2) is 11.3. The molecule has 1 saturated carbocycles. The second-order valence-electron chi connectivity index (χ2n) is 14.4. The van der Waals surface area contributed by atoms with E-state index in [2.05, 4.69) is 58.4 Å². The molecule has 0 amide bonds. The Kier molecular flexibility index (Phi) is 8.08. The van der Waals surface area contributed by atoms with Crippen molar-refractivity contribution in [1.82, 2.24) is 18.9 Å². The van der Waals surface area contributed by atoms with Gasteiger partial charge in [0.15, 0.2) is 5.65 Å². The first-order valence-corrected chi connectivity index (χ1v) is 15.4. The highest BCUT2D eigenvalue weighted by molar-refractivity contribution is 6.30. The fourth-order valence-electron chi connectivity index (χ4n) is 6.84. The summed E-state index contributed by atoms with van der Waals surface area (Å²) >= 11 is 6.26. The van der Waals surface area contributed by atoms with Crippen molar-refractivity contribution in [1.29, 1.82) is 0 Å². The molecule has 1 aliphatic carbocycles. The number of nitrogens with two attached hydrogens (primary N) is 1. The zero-order valence-electron chi connectivity index (χ0n) is 26.7. The van der Waals surface area contributed by atoms with E-state index >= 15 is 0 Å². The summed E-state index contributed by atoms with van der Waals surface area (Å²) in [5.41, 5.74) is 6.59. The van der Waals surface area contributed by atoms with Crippen molar-refractivity contribution >= 4 is 34.8 Å². The van der Waals surface area contributed by atoms with Crippen molar-refractivity contribution in [3.8, 4) is 16.9 Å². The third-order valence-corrected chi connectivity index (χ3v) is 9.29. The van der Waals surface area contributed by atoms with Gasteiger partial charge in [-0.25, -0.2) is 19.2 Å². The Morgan fingerprint density at radius 2 is 1.66 bits per heavy atom. The number of halogens is 1. The molecular formula is C34H42ClN5O4. The molecule has 5 rings (SSSR count). The number of nitrogens with zero attached hydrogens (tertiary/aromatic N) is 4. The molecule has 0 radical (unpaired) electrons. The molecule has 3 N–H and O–H groups in total. The molecule has 10 heteroatoms. The second-order valence-corrected chi connectivity index (χ2v) is 14.8. The lowest BCUT2D eigenvalue weighted by Crippen LogP contribution is -2.49. The minimum Gasteiger partial charge on any atom is -0.512 e. The van der Waals surface area contributed by atoms with Crippen LogP contribution in [0.1, 0.15) is 78.6 Å². The van der Waals surface area contributed by atoms with Crippen molar-refractivity contribution in [3.05, 3.63) is 69.1 Å². The first kappa shape index (κ1) is 31.6. The van der Waals surface area contributed by atoms with Gasteiger partial charge in [-0.1, -0.05) is 72.2 Å². The minimum atomic E-state index is -0.614. The van der Waals surface area contributed by atoms with Crippen LogP contribution in [-0.4, -0.2) is 36.1 Å². The molecule has 1 aromatic carbocycles. The fraction of sp³-hybridized carbons (Fsp3) is 0.471. The Hall–Kier alpha value is -3.85. The molecule has 0 spiro atoms. The zero-order chi connectivity index (χ0) is 32.3. The van der Waals surface area contributed by atoms with E-state index in [0.717, 1.165) is 12.8 Å². The Morgan fingerprint density at radius 1 is 1.07 bits per heavy atom. The number of aliphatic hydroxyl groups excluding tert-OH is 1. The van der Waals surface area contributed by atoms with Gasteiger partial charge in [-0.05, 0) is 54.2 Å². The summed E-state index contributed by atoms with van der Waals surface area (Å²) in [7, 11) is 0. The van der Waals surface area contributed by atoms with E-state index in [1.165, 1.54) is 17.7 Å². The number of carbonyl (C=O) groups is 1. The van der Waals surface area contributed by atoms with Gasteiger partial charge in [0.1, 0.15) is 40.6 Å². The van der Waals surface area contributed by atoms with E-state index in [4.69, 9.17) is 22.1 Å². The highest BCUT2D eigenvalue weighted by Gasteiger charge is 2.48. The zero-order valence-corrected chi connectivity index (χ0v) is 27.4. The van der Waals surface area contributed by atoms with Crippen LogP contribution in [0.2, 0.25) is 5.02 Å². The molecule has 1 aliphatic rings. The number of carbonyl (C=O) groups excluding carboxylic acids is 1. The number of esters is 1. The number of hydrogen-bond acceptors (Lipinski definition) is 7. The maximum Gasteiger partial charge on any atom is 0.343 e. The molecular weight excluding hydrogens is 578 g/mol. The number of nitrogen functional groups attached to an aromatic ring is 1. The molecule has 0 bridgehead atoms. The molecule has 4 aromatic rings. The average molecular weight is 620 g/mol. The first-order chi connectivity index (χ1) is 20.5. The first-order valence-electron chi connectivity index (χ1n) is 15.0. The Morgan fingerprint density at radius 3 is 2.16 bits per heavy atom. The molecule has 3 aromatic heterocycles.